The summed E-state index contributed by atoms with van der Waals surface area (Å²) in [5.41, 5.74) is 1.98. The molecule has 6 heteroatoms. The van der Waals surface area contributed by atoms with Gasteiger partial charge >= 0.3 is 0 Å². The van der Waals surface area contributed by atoms with Gasteiger partial charge in [0.25, 0.3) is 0 Å². The number of hydrogen-bond donors (Lipinski definition) is 2. The highest BCUT2D eigenvalue weighted by molar-refractivity contribution is 14.0. The van der Waals surface area contributed by atoms with Crippen molar-refractivity contribution in [3.63, 3.8) is 0 Å². The smallest absolute Gasteiger partial charge is 0.194 e. The first-order valence-corrected chi connectivity index (χ1v) is 9.60. The number of nitrogens with one attached hydrogen (secondary N) is 1. The molecule has 0 unspecified atom stereocenters. The number of aliphatic imine (C=N–C) groups is 1. The SMILES string of the molecule is CCNC(=NCc1cc2c(s1)CCC(C)(C)C2)N1CC[C@@H](O)C1.I. The summed E-state index contributed by atoms with van der Waals surface area (Å²) in [5, 5.41) is 13.1. The average Bonchev–Trinajstić information content (AvgIpc) is 3.08. The van der Waals surface area contributed by atoms with E-state index >= 15 is 0 Å². The zero-order valence-corrected chi connectivity index (χ0v) is 18.1. The van der Waals surface area contributed by atoms with Crippen molar-refractivity contribution in [3.05, 3.63) is 21.4 Å². The normalized spacial score (nSPS) is 22.9. The number of β-amino-alcohol motifs (C(OH)–C–C–N with tert-alkyl or cyclic N) is 1. The summed E-state index contributed by atoms with van der Waals surface area (Å²) in [4.78, 5) is 9.91. The van der Waals surface area contributed by atoms with Gasteiger partial charge in [-0.05, 0) is 49.7 Å². The summed E-state index contributed by atoms with van der Waals surface area (Å²) in [6.07, 6.45) is 4.33. The zero-order chi connectivity index (χ0) is 16.4. The number of aliphatic hydroxyl groups excluding tert-OH is 1. The van der Waals surface area contributed by atoms with E-state index in [0.717, 1.165) is 32.0 Å². The molecule has 136 valence electrons. The quantitative estimate of drug-likeness (QED) is 0.411. The van der Waals surface area contributed by atoms with Crippen LogP contribution in [0.3, 0.4) is 0 Å². The van der Waals surface area contributed by atoms with E-state index in [2.05, 4.69) is 37.1 Å². The second-order valence-corrected chi connectivity index (χ2v) is 8.78. The molecule has 2 N–H and O–H groups in total. The maximum absolute atomic E-state index is 9.74. The lowest BCUT2D eigenvalue weighted by Gasteiger charge is -2.29. The Morgan fingerprint density at radius 3 is 2.96 bits per heavy atom. The first-order valence-electron chi connectivity index (χ1n) is 8.78. The maximum Gasteiger partial charge on any atom is 0.194 e. The van der Waals surface area contributed by atoms with Gasteiger partial charge in [-0.1, -0.05) is 13.8 Å². The van der Waals surface area contributed by atoms with E-state index < -0.39 is 0 Å². The average molecular weight is 463 g/mol. The van der Waals surface area contributed by atoms with Gasteiger partial charge < -0.3 is 15.3 Å². The van der Waals surface area contributed by atoms with Crippen molar-refractivity contribution in [2.45, 2.75) is 59.1 Å². The van der Waals surface area contributed by atoms with Gasteiger partial charge in [0, 0.05) is 29.4 Å². The lowest BCUT2D eigenvalue weighted by atomic mass is 9.77. The summed E-state index contributed by atoms with van der Waals surface area (Å²) in [7, 11) is 0. The lowest BCUT2D eigenvalue weighted by molar-refractivity contribution is 0.188. The van der Waals surface area contributed by atoms with Crippen LogP contribution in [0.25, 0.3) is 0 Å². The molecule has 1 aliphatic heterocycles. The van der Waals surface area contributed by atoms with Crippen molar-refractivity contribution in [3.8, 4) is 0 Å². The topological polar surface area (TPSA) is 47.9 Å². The van der Waals surface area contributed by atoms with Crippen LogP contribution in [0.4, 0.5) is 0 Å². The van der Waals surface area contributed by atoms with Gasteiger partial charge in [0.1, 0.15) is 0 Å². The Hall–Kier alpha value is -0.340. The lowest BCUT2D eigenvalue weighted by Crippen LogP contribution is -2.40. The van der Waals surface area contributed by atoms with Gasteiger partial charge in [-0.3, -0.25) is 0 Å². The Kier molecular flexibility index (Phi) is 6.96. The van der Waals surface area contributed by atoms with Gasteiger partial charge in [-0.2, -0.15) is 0 Å². The summed E-state index contributed by atoms with van der Waals surface area (Å²) in [6, 6.07) is 2.37. The minimum absolute atomic E-state index is 0. The molecule has 3 rings (SSSR count). The third-order valence-corrected chi connectivity index (χ3v) is 6.05. The molecule has 2 aliphatic rings. The van der Waals surface area contributed by atoms with Crippen molar-refractivity contribution in [2.75, 3.05) is 19.6 Å². The van der Waals surface area contributed by atoms with Crippen molar-refractivity contribution in [1.29, 1.82) is 0 Å². The fourth-order valence-electron chi connectivity index (χ4n) is 3.54. The molecule has 2 heterocycles. The van der Waals surface area contributed by atoms with Gasteiger partial charge in [0.2, 0.25) is 0 Å². The van der Waals surface area contributed by atoms with E-state index in [0.29, 0.717) is 12.0 Å². The minimum atomic E-state index is -0.213. The molecule has 1 fully saturated rings. The Bertz CT molecular complexity index is 585. The summed E-state index contributed by atoms with van der Waals surface area (Å²) < 4.78 is 0. The van der Waals surface area contributed by atoms with Gasteiger partial charge in [0.15, 0.2) is 5.96 Å². The molecule has 0 radical (unpaired) electrons. The van der Waals surface area contributed by atoms with E-state index in [9.17, 15) is 5.11 Å². The van der Waals surface area contributed by atoms with Crippen molar-refractivity contribution >= 4 is 41.3 Å². The Labute approximate surface area is 166 Å². The molecule has 0 saturated carbocycles. The van der Waals surface area contributed by atoms with Gasteiger partial charge in [-0.15, -0.1) is 35.3 Å². The monoisotopic (exact) mass is 463 g/mol. The van der Waals surface area contributed by atoms with Crippen LogP contribution in [0.5, 0.6) is 0 Å². The van der Waals surface area contributed by atoms with Crippen LogP contribution >= 0.6 is 35.3 Å². The van der Waals surface area contributed by atoms with Crippen LogP contribution in [-0.4, -0.2) is 41.7 Å². The van der Waals surface area contributed by atoms with E-state index in [4.69, 9.17) is 4.99 Å². The second-order valence-electron chi connectivity index (χ2n) is 7.56. The predicted molar refractivity (Wildman–Crippen MR) is 113 cm³/mol. The number of nitrogens with zero attached hydrogens (tertiary/aromatic N) is 2. The molecular formula is C18H30IN3OS. The number of rotatable bonds is 3. The second kappa shape index (κ2) is 8.36. The highest BCUT2D eigenvalue weighted by Crippen LogP contribution is 2.38. The Balaban J connectivity index is 0.00000208. The fraction of sp³-hybridized carbons (Fsp3) is 0.722. The molecule has 0 aromatic carbocycles. The number of aliphatic hydroxyl groups is 1. The summed E-state index contributed by atoms with van der Waals surface area (Å²) >= 11 is 1.94. The largest absolute Gasteiger partial charge is 0.391 e. The van der Waals surface area contributed by atoms with E-state index in [1.54, 1.807) is 4.88 Å². The van der Waals surface area contributed by atoms with E-state index in [-0.39, 0.29) is 30.1 Å². The summed E-state index contributed by atoms with van der Waals surface area (Å²) in [6.45, 7) is 10.0. The number of hydrogen-bond acceptors (Lipinski definition) is 3. The molecule has 4 nitrogen and oxygen atoms in total. The predicted octanol–water partition coefficient (Wildman–Crippen LogP) is 3.41. The van der Waals surface area contributed by atoms with Crippen LogP contribution in [-0.2, 0) is 19.4 Å². The Morgan fingerprint density at radius 1 is 1.50 bits per heavy atom. The molecule has 24 heavy (non-hydrogen) atoms. The number of likely N-dealkylation sites (tertiary alicyclic amines) is 1. The molecule has 0 bridgehead atoms. The highest BCUT2D eigenvalue weighted by atomic mass is 127. The molecule has 1 atom stereocenters. The van der Waals surface area contributed by atoms with Gasteiger partial charge in [-0.25, -0.2) is 4.99 Å². The number of aryl methyl sites for hydroxylation is 1. The highest BCUT2D eigenvalue weighted by Gasteiger charge is 2.27. The molecular weight excluding hydrogens is 433 g/mol. The van der Waals surface area contributed by atoms with Crippen LogP contribution in [0.2, 0.25) is 0 Å². The van der Waals surface area contributed by atoms with Gasteiger partial charge in [0.05, 0.1) is 12.6 Å². The molecule has 0 amide bonds. The minimum Gasteiger partial charge on any atom is -0.391 e. The third kappa shape index (κ3) is 4.85. The van der Waals surface area contributed by atoms with Crippen LogP contribution < -0.4 is 5.32 Å². The molecule has 0 spiro atoms. The number of thiophene rings is 1. The molecule has 1 aliphatic carbocycles. The van der Waals surface area contributed by atoms with Crippen molar-refractivity contribution in [2.24, 2.45) is 10.4 Å². The summed E-state index contributed by atoms with van der Waals surface area (Å²) in [5.74, 6) is 0.941. The van der Waals surface area contributed by atoms with Crippen LogP contribution in [0.1, 0.15) is 48.9 Å². The first-order chi connectivity index (χ1) is 11.0. The zero-order valence-electron chi connectivity index (χ0n) is 15.0. The third-order valence-electron chi connectivity index (χ3n) is 4.83. The maximum atomic E-state index is 9.74. The fourth-order valence-corrected chi connectivity index (χ4v) is 4.65. The number of fused-ring (bicyclic) bond motifs is 1. The van der Waals surface area contributed by atoms with Crippen molar-refractivity contribution < 1.29 is 5.11 Å². The molecule has 1 saturated heterocycles. The van der Waals surface area contributed by atoms with Crippen molar-refractivity contribution in [1.82, 2.24) is 10.2 Å². The molecule has 1 aromatic heterocycles. The number of halogens is 1. The first kappa shape index (κ1) is 20.0. The van der Waals surface area contributed by atoms with Crippen LogP contribution in [0.15, 0.2) is 11.1 Å². The number of guanidine groups is 1. The standard InChI is InChI=1S/C18H29N3OS.HI/c1-4-19-17(21-8-6-14(22)12-21)20-11-15-9-13-10-18(2,3)7-5-16(13)23-15;/h9,14,22H,4-8,10-12H2,1-3H3,(H,19,20);1H/t14-;/m1./s1. The van der Waals surface area contributed by atoms with Crippen LogP contribution in [0, 0.1) is 5.41 Å². The molecule has 1 aromatic rings. The Morgan fingerprint density at radius 2 is 2.29 bits per heavy atom. The van der Waals surface area contributed by atoms with E-state index in [1.165, 1.54) is 29.7 Å². The van der Waals surface area contributed by atoms with E-state index in [1.807, 2.05) is 11.3 Å².